The lowest BCUT2D eigenvalue weighted by molar-refractivity contribution is 0.669. The Bertz CT molecular complexity index is 1720. The molecule has 4 aromatic carbocycles. The highest BCUT2D eigenvalue weighted by atomic mass is 16.3. The van der Waals surface area contributed by atoms with Crippen molar-refractivity contribution in [3.05, 3.63) is 95.6 Å². The Balaban J connectivity index is 1.66. The van der Waals surface area contributed by atoms with Crippen molar-refractivity contribution in [3.8, 4) is 17.1 Å². The average Bonchev–Trinajstić information content (AvgIpc) is 3.41. The number of para-hydroxylation sites is 4. The number of hydrogen-bond donors (Lipinski definition) is 0. The van der Waals surface area contributed by atoms with Gasteiger partial charge in [-0.1, -0.05) is 81.4 Å². The van der Waals surface area contributed by atoms with Crippen LogP contribution in [0.1, 0.15) is 49.3 Å². The lowest BCUT2D eigenvalue weighted by Gasteiger charge is -2.29. The van der Waals surface area contributed by atoms with Gasteiger partial charge in [0.2, 0.25) is 0 Å². The fraction of sp³-hybridized carbons (Fsp3) is 0.167. The lowest BCUT2D eigenvalue weighted by atomic mass is 9.84. The minimum Gasteiger partial charge on any atom is -0.455 e. The lowest BCUT2D eigenvalue weighted by Crippen LogP contribution is -2.15. The second-order valence-electron chi connectivity index (χ2n) is 9.43. The predicted octanol–water partition coefficient (Wildman–Crippen LogP) is 8.18. The van der Waals surface area contributed by atoms with E-state index in [1.807, 2.05) is 12.1 Å². The first kappa shape index (κ1) is 18.7. The molecule has 0 amide bonds. The summed E-state index contributed by atoms with van der Waals surface area (Å²) in [6, 6.07) is 27.9. The molecule has 0 saturated heterocycles. The van der Waals surface area contributed by atoms with Crippen molar-refractivity contribution in [2.45, 2.75) is 32.6 Å². The Hall–Kier alpha value is -3.85. The van der Waals surface area contributed by atoms with Gasteiger partial charge in [0, 0.05) is 16.7 Å². The first-order valence-corrected chi connectivity index (χ1v) is 11.7. The maximum absolute atomic E-state index is 6.42. The second-order valence-corrected chi connectivity index (χ2v) is 9.43. The fourth-order valence-electron chi connectivity index (χ4n) is 5.64. The number of benzene rings is 4. The van der Waals surface area contributed by atoms with Crippen molar-refractivity contribution >= 4 is 33.0 Å². The van der Waals surface area contributed by atoms with Crippen LogP contribution in [-0.4, -0.2) is 9.55 Å². The standard InChI is InChI=1S/C30H24N2O/c1-17(2)19-10-6-11-20-18(3)21-12-8-15-25-28(21)32(27(19)20)30(31-25)24-14-7-13-23-22-9-4-5-16-26(22)33-29(23)24/h4-18H,1-3H3. The van der Waals surface area contributed by atoms with E-state index in [0.717, 1.165) is 38.8 Å². The minimum absolute atomic E-state index is 0.321. The summed E-state index contributed by atoms with van der Waals surface area (Å²) >= 11 is 0. The largest absolute Gasteiger partial charge is 0.455 e. The molecule has 0 fully saturated rings. The molecule has 0 spiro atoms. The van der Waals surface area contributed by atoms with Crippen LogP contribution in [0.4, 0.5) is 0 Å². The summed E-state index contributed by atoms with van der Waals surface area (Å²) in [4.78, 5) is 5.21. The summed E-state index contributed by atoms with van der Waals surface area (Å²) in [7, 11) is 0. The number of imidazole rings is 1. The maximum Gasteiger partial charge on any atom is 0.149 e. The zero-order valence-corrected chi connectivity index (χ0v) is 19.0. The molecule has 1 unspecified atom stereocenters. The normalized spacial score (nSPS) is 15.1. The van der Waals surface area contributed by atoms with Gasteiger partial charge in [0.1, 0.15) is 17.0 Å². The molecule has 2 aromatic heterocycles. The van der Waals surface area contributed by atoms with Crippen molar-refractivity contribution in [3.63, 3.8) is 0 Å². The highest BCUT2D eigenvalue weighted by Gasteiger charge is 2.31. The molecule has 0 N–H and O–H groups in total. The van der Waals surface area contributed by atoms with Crippen LogP contribution >= 0.6 is 0 Å². The molecule has 3 heterocycles. The Morgan fingerprint density at radius 3 is 2.45 bits per heavy atom. The topological polar surface area (TPSA) is 31.0 Å². The third-order valence-corrected chi connectivity index (χ3v) is 7.23. The van der Waals surface area contributed by atoms with Crippen LogP contribution in [0, 0.1) is 0 Å². The van der Waals surface area contributed by atoms with Crippen LogP contribution in [-0.2, 0) is 0 Å². The third kappa shape index (κ3) is 2.42. The van der Waals surface area contributed by atoms with Crippen molar-refractivity contribution in [2.75, 3.05) is 0 Å². The van der Waals surface area contributed by atoms with E-state index in [2.05, 4.69) is 92.1 Å². The first-order chi connectivity index (χ1) is 16.1. The highest BCUT2D eigenvalue weighted by molar-refractivity contribution is 6.09. The van der Waals surface area contributed by atoms with Crippen LogP contribution in [0.5, 0.6) is 0 Å². The van der Waals surface area contributed by atoms with E-state index < -0.39 is 0 Å². The van der Waals surface area contributed by atoms with Gasteiger partial charge in [-0.15, -0.1) is 0 Å². The number of nitrogens with zero attached hydrogens (tertiary/aromatic N) is 2. The molecular weight excluding hydrogens is 404 g/mol. The molecule has 33 heavy (non-hydrogen) atoms. The van der Waals surface area contributed by atoms with Gasteiger partial charge in [0.05, 0.1) is 22.3 Å². The van der Waals surface area contributed by atoms with Crippen LogP contribution in [0.2, 0.25) is 0 Å². The summed E-state index contributed by atoms with van der Waals surface area (Å²) in [6.45, 7) is 6.86. The van der Waals surface area contributed by atoms with Crippen LogP contribution in [0.3, 0.4) is 0 Å². The SMILES string of the molecule is CC(C)c1cccc2c1-n1c(-c3cccc4c3oc3ccccc34)nc3cccc(c31)C2C. The summed E-state index contributed by atoms with van der Waals surface area (Å²) in [5.41, 5.74) is 10.4. The zero-order chi connectivity index (χ0) is 22.3. The number of fused-ring (bicyclic) bond motifs is 5. The smallest absolute Gasteiger partial charge is 0.149 e. The summed E-state index contributed by atoms with van der Waals surface area (Å²) < 4.78 is 8.82. The van der Waals surface area contributed by atoms with Gasteiger partial charge < -0.3 is 4.42 Å². The Kier molecular flexibility index (Phi) is 3.73. The van der Waals surface area contributed by atoms with Crippen LogP contribution in [0.25, 0.3) is 50.0 Å². The monoisotopic (exact) mass is 428 g/mol. The molecule has 7 rings (SSSR count). The van der Waals surface area contributed by atoms with Crippen molar-refractivity contribution in [1.82, 2.24) is 9.55 Å². The van der Waals surface area contributed by atoms with Gasteiger partial charge in [0.15, 0.2) is 0 Å². The van der Waals surface area contributed by atoms with Crippen molar-refractivity contribution < 1.29 is 4.42 Å². The van der Waals surface area contributed by atoms with E-state index in [1.54, 1.807) is 0 Å². The Morgan fingerprint density at radius 2 is 1.58 bits per heavy atom. The maximum atomic E-state index is 6.42. The number of hydrogen-bond acceptors (Lipinski definition) is 2. The van der Waals surface area contributed by atoms with E-state index in [1.165, 1.54) is 27.9 Å². The first-order valence-electron chi connectivity index (χ1n) is 11.7. The molecule has 0 radical (unpaired) electrons. The quantitative estimate of drug-likeness (QED) is 0.278. The van der Waals surface area contributed by atoms with Gasteiger partial charge in [-0.05, 0) is 40.8 Å². The van der Waals surface area contributed by atoms with Crippen LogP contribution < -0.4 is 0 Å². The van der Waals surface area contributed by atoms with Gasteiger partial charge in [0.25, 0.3) is 0 Å². The molecule has 1 aliphatic rings. The number of rotatable bonds is 2. The highest BCUT2D eigenvalue weighted by Crippen LogP contribution is 2.46. The van der Waals surface area contributed by atoms with E-state index in [9.17, 15) is 0 Å². The Labute approximate surface area is 192 Å². The molecule has 0 saturated carbocycles. The van der Waals surface area contributed by atoms with E-state index in [-0.39, 0.29) is 0 Å². The van der Waals surface area contributed by atoms with Crippen molar-refractivity contribution in [2.24, 2.45) is 0 Å². The molecule has 0 aliphatic carbocycles. The number of aromatic nitrogens is 2. The van der Waals surface area contributed by atoms with Gasteiger partial charge in [-0.3, -0.25) is 4.57 Å². The molecule has 6 aromatic rings. The Morgan fingerprint density at radius 1 is 0.818 bits per heavy atom. The molecule has 0 bridgehead atoms. The van der Waals surface area contributed by atoms with Gasteiger partial charge in [-0.25, -0.2) is 4.98 Å². The summed E-state index contributed by atoms with van der Waals surface area (Å²) in [5.74, 6) is 1.68. The zero-order valence-electron chi connectivity index (χ0n) is 19.0. The molecule has 1 aliphatic heterocycles. The van der Waals surface area contributed by atoms with Gasteiger partial charge in [-0.2, -0.15) is 0 Å². The summed E-state index contributed by atoms with van der Waals surface area (Å²) in [6.07, 6.45) is 0. The third-order valence-electron chi connectivity index (χ3n) is 7.23. The second kappa shape index (κ2) is 6.58. The van der Waals surface area contributed by atoms with E-state index in [0.29, 0.717) is 11.8 Å². The summed E-state index contributed by atoms with van der Waals surface area (Å²) in [5, 5.41) is 2.27. The van der Waals surface area contributed by atoms with Gasteiger partial charge >= 0.3 is 0 Å². The minimum atomic E-state index is 0.321. The van der Waals surface area contributed by atoms with E-state index in [4.69, 9.17) is 9.40 Å². The predicted molar refractivity (Wildman–Crippen MR) is 135 cm³/mol. The molecule has 1 atom stereocenters. The van der Waals surface area contributed by atoms with Crippen LogP contribution in [0.15, 0.2) is 83.3 Å². The van der Waals surface area contributed by atoms with Crippen molar-refractivity contribution in [1.29, 1.82) is 0 Å². The number of furan rings is 1. The molecule has 3 nitrogen and oxygen atoms in total. The molecule has 3 heteroatoms. The molecule has 160 valence electrons. The fourth-order valence-corrected chi connectivity index (χ4v) is 5.64. The molecular formula is C30H24N2O. The average molecular weight is 429 g/mol. The van der Waals surface area contributed by atoms with E-state index >= 15 is 0 Å².